The van der Waals surface area contributed by atoms with Crippen LogP contribution in [-0.4, -0.2) is 18.1 Å². The molecule has 1 heterocycles. The Morgan fingerprint density at radius 2 is 2.25 bits per heavy atom. The maximum absolute atomic E-state index is 12.5. The number of nitrogen functional groups attached to an aromatic ring is 1. The van der Waals surface area contributed by atoms with Gasteiger partial charge in [0.1, 0.15) is 5.82 Å². The molecule has 0 spiro atoms. The van der Waals surface area contributed by atoms with Crippen LogP contribution < -0.4 is 5.73 Å². The molecule has 0 aromatic carbocycles. The molecule has 0 saturated carbocycles. The van der Waals surface area contributed by atoms with E-state index in [-0.39, 0.29) is 17.8 Å². The number of nitrogens with zero attached hydrogens (tertiary/aromatic N) is 1. The molecule has 0 amide bonds. The normalized spacial score (nSPS) is 10.6. The molecule has 0 fully saturated rings. The average molecular weight is 230 g/mol. The molecule has 0 saturated heterocycles. The number of hydrogen-bond donors (Lipinski definition) is 1. The highest BCUT2D eigenvalue weighted by atomic mass is 19.3. The second kappa shape index (κ2) is 4.87. The minimum Gasteiger partial charge on any atom is -0.469 e. The third-order valence-corrected chi connectivity index (χ3v) is 2.12. The van der Waals surface area contributed by atoms with E-state index in [1.807, 2.05) is 0 Å². The van der Waals surface area contributed by atoms with Gasteiger partial charge in [0.15, 0.2) is 0 Å². The number of methoxy groups -OCH3 is 1. The number of anilines is 1. The van der Waals surface area contributed by atoms with Crippen LogP contribution >= 0.6 is 0 Å². The lowest BCUT2D eigenvalue weighted by Gasteiger charge is -2.09. The molecule has 0 aliphatic heterocycles. The molecule has 16 heavy (non-hydrogen) atoms. The van der Waals surface area contributed by atoms with E-state index >= 15 is 0 Å². The molecule has 1 rings (SSSR count). The van der Waals surface area contributed by atoms with Crippen LogP contribution in [0.4, 0.5) is 14.6 Å². The number of esters is 1. The zero-order valence-electron chi connectivity index (χ0n) is 8.96. The van der Waals surface area contributed by atoms with Crippen molar-refractivity contribution >= 4 is 11.8 Å². The summed E-state index contributed by atoms with van der Waals surface area (Å²) >= 11 is 0. The molecule has 0 bridgehead atoms. The maximum atomic E-state index is 12.5. The molecular weight excluding hydrogens is 218 g/mol. The van der Waals surface area contributed by atoms with Gasteiger partial charge in [-0.05, 0) is 18.6 Å². The molecule has 1 aromatic heterocycles. The number of rotatable bonds is 3. The van der Waals surface area contributed by atoms with E-state index in [0.717, 1.165) is 0 Å². The molecule has 0 aliphatic rings. The minimum atomic E-state index is -2.67. The SMILES string of the molecule is COC(=O)Cc1cc(C)c(C(F)F)c(N)n1. The Labute approximate surface area is 91.4 Å². The Kier molecular flexibility index (Phi) is 3.76. The van der Waals surface area contributed by atoms with Gasteiger partial charge < -0.3 is 10.5 Å². The van der Waals surface area contributed by atoms with E-state index in [2.05, 4.69) is 9.72 Å². The maximum Gasteiger partial charge on any atom is 0.311 e. The van der Waals surface area contributed by atoms with E-state index in [4.69, 9.17) is 5.73 Å². The number of carbonyl (C=O) groups is 1. The first-order chi connectivity index (χ1) is 7.45. The molecular formula is C10H12F2N2O2. The molecule has 0 aliphatic carbocycles. The van der Waals surface area contributed by atoms with Crippen molar-refractivity contribution in [3.05, 3.63) is 22.9 Å². The van der Waals surface area contributed by atoms with Crippen molar-refractivity contribution in [2.24, 2.45) is 0 Å². The summed E-state index contributed by atoms with van der Waals surface area (Å²) in [5, 5.41) is 0. The summed E-state index contributed by atoms with van der Waals surface area (Å²) in [4.78, 5) is 14.7. The highest BCUT2D eigenvalue weighted by Crippen LogP contribution is 2.27. The Morgan fingerprint density at radius 1 is 1.62 bits per heavy atom. The molecule has 4 nitrogen and oxygen atoms in total. The number of carbonyl (C=O) groups excluding carboxylic acids is 1. The molecule has 2 N–H and O–H groups in total. The summed E-state index contributed by atoms with van der Waals surface area (Å²) in [6, 6.07) is 1.41. The summed E-state index contributed by atoms with van der Waals surface area (Å²) in [7, 11) is 1.24. The third-order valence-electron chi connectivity index (χ3n) is 2.12. The monoisotopic (exact) mass is 230 g/mol. The van der Waals surface area contributed by atoms with Gasteiger partial charge in [0.2, 0.25) is 0 Å². The van der Waals surface area contributed by atoms with Crippen LogP contribution in [0.5, 0.6) is 0 Å². The lowest BCUT2D eigenvalue weighted by molar-refractivity contribution is -0.139. The average Bonchev–Trinajstić information content (AvgIpc) is 2.15. The van der Waals surface area contributed by atoms with Gasteiger partial charge in [-0.1, -0.05) is 0 Å². The fourth-order valence-corrected chi connectivity index (χ4v) is 1.37. The van der Waals surface area contributed by atoms with Gasteiger partial charge in [0.05, 0.1) is 24.8 Å². The number of hydrogen-bond acceptors (Lipinski definition) is 4. The van der Waals surface area contributed by atoms with Crippen molar-refractivity contribution in [3.63, 3.8) is 0 Å². The third kappa shape index (κ3) is 2.65. The number of halogens is 2. The van der Waals surface area contributed by atoms with E-state index in [1.54, 1.807) is 0 Å². The van der Waals surface area contributed by atoms with E-state index in [1.165, 1.54) is 20.1 Å². The van der Waals surface area contributed by atoms with Gasteiger partial charge in [0, 0.05) is 0 Å². The first-order valence-electron chi connectivity index (χ1n) is 4.56. The van der Waals surface area contributed by atoms with Gasteiger partial charge in [-0.25, -0.2) is 13.8 Å². The van der Waals surface area contributed by atoms with Crippen molar-refractivity contribution in [2.75, 3.05) is 12.8 Å². The molecule has 88 valence electrons. The van der Waals surface area contributed by atoms with Crippen molar-refractivity contribution in [1.29, 1.82) is 0 Å². The predicted molar refractivity (Wildman–Crippen MR) is 54.1 cm³/mol. The van der Waals surface area contributed by atoms with E-state index in [9.17, 15) is 13.6 Å². The van der Waals surface area contributed by atoms with Crippen molar-refractivity contribution < 1.29 is 18.3 Å². The largest absolute Gasteiger partial charge is 0.469 e. The van der Waals surface area contributed by atoms with Gasteiger partial charge in [-0.3, -0.25) is 4.79 Å². The first-order valence-corrected chi connectivity index (χ1v) is 4.56. The summed E-state index contributed by atoms with van der Waals surface area (Å²) in [6.45, 7) is 1.50. The number of pyridine rings is 1. The van der Waals surface area contributed by atoms with Crippen LogP contribution in [0.15, 0.2) is 6.07 Å². The number of nitrogens with two attached hydrogens (primary N) is 1. The predicted octanol–water partition coefficient (Wildman–Crippen LogP) is 1.63. The number of alkyl halides is 2. The number of aryl methyl sites for hydroxylation is 1. The highest BCUT2D eigenvalue weighted by molar-refractivity contribution is 5.72. The Morgan fingerprint density at radius 3 is 2.69 bits per heavy atom. The highest BCUT2D eigenvalue weighted by Gasteiger charge is 2.17. The van der Waals surface area contributed by atoms with Crippen molar-refractivity contribution in [2.45, 2.75) is 19.8 Å². The van der Waals surface area contributed by atoms with Crippen LogP contribution in [0.1, 0.15) is 23.2 Å². The Bertz CT molecular complexity index is 385. The standard InChI is InChI=1S/C10H12F2N2O2/c1-5-3-6(4-7(15)16-2)14-10(13)8(5)9(11)12/h3,9H,4H2,1-2H3,(H2,13,14). The molecule has 0 atom stereocenters. The summed E-state index contributed by atoms with van der Waals surface area (Å²) in [6.07, 6.45) is -2.75. The molecule has 0 unspecified atom stereocenters. The summed E-state index contributed by atoms with van der Waals surface area (Å²) < 4.78 is 29.5. The molecule has 0 radical (unpaired) electrons. The quantitative estimate of drug-likeness (QED) is 0.801. The second-order valence-electron chi connectivity index (χ2n) is 3.28. The molecule has 1 aromatic rings. The van der Waals surface area contributed by atoms with Crippen molar-refractivity contribution in [1.82, 2.24) is 4.98 Å². The van der Waals surface area contributed by atoms with Crippen molar-refractivity contribution in [3.8, 4) is 0 Å². The molecule has 6 heteroatoms. The summed E-state index contributed by atoms with van der Waals surface area (Å²) in [5.74, 6) is -0.731. The van der Waals surface area contributed by atoms with Crippen LogP contribution in [0, 0.1) is 6.92 Å². The number of aromatic nitrogens is 1. The van der Waals surface area contributed by atoms with Gasteiger partial charge in [-0.15, -0.1) is 0 Å². The number of ether oxygens (including phenoxy) is 1. The van der Waals surface area contributed by atoms with Gasteiger partial charge in [-0.2, -0.15) is 0 Å². The van der Waals surface area contributed by atoms with Gasteiger partial charge in [0.25, 0.3) is 6.43 Å². The zero-order valence-corrected chi connectivity index (χ0v) is 8.96. The van der Waals surface area contributed by atoms with Gasteiger partial charge >= 0.3 is 5.97 Å². The van der Waals surface area contributed by atoms with Crippen LogP contribution in [0.25, 0.3) is 0 Å². The van der Waals surface area contributed by atoms with E-state index < -0.39 is 12.4 Å². The van der Waals surface area contributed by atoms with E-state index in [0.29, 0.717) is 11.3 Å². The Hall–Kier alpha value is -1.72. The first kappa shape index (κ1) is 12.4. The lowest BCUT2D eigenvalue weighted by Crippen LogP contribution is -2.10. The van der Waals surface area contributed by atoms with Crippen LogP contribution in [0.2, 0.25) is 0 Å². The lowest BCUT2D eigenvalue weighted by atomic mass is 10.1. The minimum absolute atomic E-state index is 0.0783. The van der Waals surface area contributed by atoms with Crippen LogP contribution in [0.3, 0.4) is 0 Å². The van der Waals surface area contributed by atoms with Crippen LogP contribution in [-0.2, 0) is 16.0 Å². The second-order valence-corrected chi connectivity index (χ2v) is 3.28. The summed E-state index contributed by atoms with van der Waals surface area (Å²) in [5.41, 5.74) is 5.76. The smallest absolute Gasteiger partial charge is 0.311 e. The fraction of sp³-hybridized carbons (Fsp3) is 0.400. The topological polar surface area (TPSA) is 65.2 Å². The zero-order chi connectivity index (χ0) is 12.3. The Balaban J connectivity index is 3.05. The fourth-order valence-electron chi connectivity index (χ4n) is 1.37.